The van der Waals surface area contributed by atoms with E-state index in [2.05, 4.69) is 43.0 Å². The number of rotatable bonds is 3. The summed E-state index contributed by atoms with van der Waals surface area (Å²) >= 11 is 5.31. The molecule has 0 saturated heterocycles. The summed E-state index contributed by atoms with van der Waals surface area (Å²) in [6, 6.07) is 2.14. The fourth-order valence-electron chi connectivity index (χ4n) is 2.19. The Bertz CT molecular complexity index is 471. The molecule has 0 spiro atoms. The Morgan fingerprint density at radius 2 is 2.38 bits per heavy atom. The zero-order chi connectivity index (χ0) is 11.0. The largest absolute Gasteiger partial charge is 0.281 e. The van der Waals surface area contributed by atoms with Crippen molar-refractivity contribution in [3.63, 3.8) is 0 Å². The first kappa shape index (κ1) is 10.5. The van der Waals surface area contributed by atoms with Crippen molar-refractivity contribution in [3.05, 3.63) is 28.1 Å². The van der Waals surface area contributed by atoms with E-state index in [0.717, 1.165) is 11.0 Å². The van der Waals surface area contributed by atoms with Gasteiger partial charge in [-0.05, 0) is 24.3 Å². The van der Waals surface area contributed by atoms with Crippen LogP contribution in [-0.2, 0) is 5.33 Å². The lowest BCUT2D eigenvalue weighted by Crippen LogP contribution is -2.10. The second-order valence-electron chi connectivity index (χ2n) is 4.24. The van der Waals surface area contributed by atoms with Gasteiger partial charge >= 0.3 is 0 Å². The number of H-pyrrole nitrogens is 1. The van der Waals surface area contributed by atoms with E-state index in [-0.39, 0.29) is 0 Å². The van der Waals surface area contributed by atoms with Gasteiger partial charge in [-0.3, -0.25) is 5.10 Å². The third-order valence-corrected chi connectivity index (χ3v) is 4.58. The normalized spacial score (nSPS) is 16.3. The second-order valence-corrected chi connectivity index (χ2v) is 5.58. The first-order valence-electron chi connectivity index (χ1n) is 5.56. The van der Waals surface area contributed by atoms with Crippen molar-refractivity contribution in [1.82, 2.24) is 10.2 Å². The van der Waals surface area contributed by atoms with Crippen LogP contribution >= 0.6 is 27.3 Å². The minimum Gasteiger partial charge on any atom is -0.281 e. The SMILES string of the molecule is BrCc1c(-c2ccsc2)n[nH]c1C1CCC1. The molecule has 2 nitrogen and oxygen atoms in total. The van der Waals surface area contributed by atoms with E-state index in [1.54, 1.807) is 11.3 Å². The maximum absolute atomic E-state index is 4.48. The molecule has 1 aliphatic carbocycles. The molecule has 1 aliphatic rings. The molecule has 1 saturated carbocycles. The highest BCUT2D eigenvalue weighted by Gasteiger charge is 2.26. The summed E-state index contributed by atoms with van der Waals surface area (Å²) in [6.45, 7) is 0. The summed E-state index contributed by atoms with van der Waals surface area (Å²) in [6.07, 6.45) is 3.98. The van der Waals surface area contributed by atoms with Gasteiger partial charge in [0.05, 0.1) is 5.69 Å². The number of nitrogens with zero attached hydrogens (tertiary/aromatic N) is 1. The minimum absolute atomic E-state index is 0.715. The Hall–Kier alpha value is -0.610. The first-order valence-corrected chi connectivity index (χ1v) is 7.62. The van der Waals surface area contributed by atoms with Crippen LogP contribution in [0.4, 0.5) is 0 Å². The van der Waals surface area contributed by atoms with Gasteiger partial charge in [-0.1, -0.05) is 22.4 Å². The van der Waals surface area contributed by atoms with Crippen LogP contribution in [0.15, 0.2) is 16.8 Å². The number of hydrogen-bond acceptors (Lipinski definition) is 2. The zero-order valence-corrected chi connectivity index (χ0v) is 11.3. The van der Waals surface area contributed by atoms with Crippen molar-refractivity contribution in [2.75, 3.05) is 0 Å². The monoisotopic (exact) mass is 296 g/mol. The number of nitrogens with one attached hydrogen (secondary N) is 1. The molecule has 16 heavy (non-hydrogen) atoms. The van der Waals surface area contributed by atoms with Crippen molar-refractivity contribution in [2.45, 2.75) is 30.5 Å². The van der Waals surface area contributed by atoms with Gasteiger partial charge < -0.3 is 0 Å². The maximum atomic E-state index is 4.48. The standard InChI is InChI=1S/C12H13BrN2S/c13-6-10-11(8-2-1-3-8)14-15-12(10)9-4-5-16-7-9/h4-5,7-8H,1-3,6H2,(H,14,15). The average Bonchev–Trinajstić information content (AvgIpc) is 2.81. The summed E-state index contributed by atoms with van der Waals surface area (Å²) < 4.78 is 0. The molecule has 2 heterocycles. The van der Waals surface area contributed by atoms with E-state index in [9.17, 15) is 0 Å². The Morgan fingerprint density at radius 3 is 2.94 bits per heavy atom. The average molecular weight is 297 g/mol. The van der Waals surface area contributed by atoms with E-state index in [1.165, 1.54) is 36.1 Å². The summed E-state index contributed by atoms with van der Waals surface area (Å²) in [4.78, 5) is 0. The van der Waals surface area contributed by atoms with Gasteiger partial charge in [0.25, 0.3) is 0 Å². The molecule has 1 fully saturated rings. The Balaban J connectivity index is 2.02. The third kappa shape index (κ3) is 1.64. The van der Waals surface area contributed by atoms with Crippen molar-refractivity contribution < 1.29 is 0 Å². The molecular weight excluding hydrogens is 284 g/mol. The maximum Gasteiger partial charge on any atom is 0.0972 e. The van der Waals surface area contributed by atoms with Gasteiger partial charge in [0, 0.05) is 33.4 Å². The number of alkyl halides is 1. The molecule has 0 aliphatic heterocycles. The Labute approximate surface area is 107 Å². The second kappa shape index (κ2) is 4.34. The lowest BCUT2D eigenvalue weighted by molar-refractivity contribution is 0.409. The number of halogens is 1. The molecular formula is C12H13BrN2S. The summed E-state index contributed by atoms with van der Waals surface area (Å²) in [5, 5.41) is 12.9. The summed E-state index contributed by atoms with van der Waals surface area (Å²) in [5.41, 5.74) is 5.06. The van der Waals surface area contributed by atoms with Crippen molar-refractivity contribution in [2.24, 2.45) is 0 Å². The Morgan fingerprint density at radius 1 is 1.50 bits per heavy atom. The van der Waals surface area contributed by atoms with Crippen LogP contribution in [0.2, 0.25) is 0 Å². The summed E-state index contributed by atoms with van der Waals surface area (Å²) in [7, 11) is 0. The molecule has 3 rings (SSSR count). The first-order chi connectivity index (χ1) is 7.90. The molecule has 2 aromatic heterocycles. The molecule has 0 unspecified atom stereocenters. The minimum atomic E-state index is 0.715. The third-order valence-electron chi connectivity index (χ3n) is 3.34. The molecule has 2 aromatic rings. The van der Waals surface area contributed by atoms with E-state index in [4.69, 9.17) is 0 Å². The quantitative estimate of drug-likeness (QED) is 0.841. The molecule has 4 heteroatoms. The van der Waals surface area contributed by atoms with Crippen LogP contribution in [0.5, 0.6) is 0 Å². The lowest BCUT2D eigenvalue weighted by Gasteiger charge is -2.24. The predicted molar refractivity (Wildman–Crippen MR) is 71.1 cm³/mol. The highest BCUT2D eigenvalue weighted by molar-refractivity contribution is 9.08. The fraction of sp³-hybridized carbons (Fsp3) is 0.417. The van der Waals surface area contributed by atoms with Crippen molar-refractivity contribution in [3.8, 4) is 11.3 Å². The number of aromatic amines is 1. The van der Waals surface area contributed by atoms with Gasteiger partial charge in [-0.25, -0.2) is 0 Å². The molecule has 1 N–H and O–H groups in total. The fourth-order valence-corrected chi connectivity index (χ4v) is 3.39. The number of thiophene rings is 1. The van der Waals surface area contributed by atoms with Crippen LogP contribution in [-0.4, -0.2) is 10.2 Å². The van der Waals surface area contributed by atoms with Crippen LogP contribution in [0, 0.1) is 0 Å². The van der Waals surface area contributed by atoms with Gasteiger partial charge in [0.15, 0.2) is 0 Å². The topological polar surface area (TPSA) is 28.7 Å². The molecule has 0 amide bonds. The van der Waals surface area contributed by atoms with Gasteiger partial charge in [0.1, 0.15) is 0 Å². The van der Waals surface area contributed by atoms with Crippen molar-refractivity contribution >= 4 is 27.3 Å². The van der Waals surface area contributed by atoms with Gasteiger partial charge in [-0.15, -0.1) is 0 Å². The highest BCUT2D eigenvalue weighted by Crippen LogP contribution is 2.40. The van der Waals surface area contributed by atoms with Crippen LogP contribution in [0.25, 0.3) is 11.3 Å². The van der Waals surface area contributed by atoms with E-state index in [1.807, 2.05) is 0 Å². The zero-order valence-electron chi connectivity index (χ0n) is 8.87. The highest BCUT2D eigenvalue weighted by atomic mass is 79.9. The predicted octanol–water partition coefficient (Wildman–Crippen LogP) is 4.30. The van der Waals surface area contributed by atoms with Gasteiger partial charge in [0.2, 0.25) is 0 Å². The van der Waals surface area contributed by atoms with Crippen LogP contribution in [0.1, 0.15) is 36.4 Å². The van der Waals surface area contributed by atoms with Crippen LogP contribution in [0.3, 0.4) is 0 Å². The van der Waals surface area contributed by atoms with Gasteiger partial charge in [-0.2, -0.15) is 16.4 Å². The molecule has 84 valence electrons. The number of aromatic nitrogens is 2. The number of hydrogen-bond donors (Lipinski definition) is 1. The Kier molecular flexibility index (Phi) is 2.86. The van der Waals surface area contributed by atoms with E-state index >= 15 is 0 Å². The molecule has 0 radical (unpaired) electrons. The lowest BCUT2D eigenvalue weighted by atomic mass is 9.81. The molecule has 0 atom stereocenters. The van der Waals surface area contributed by atoms with E-state index in [0.29, 0.717) is 5.92 Å². The summed E-state index contributed by atoms with van der Waals surface area (Å²) in [5.74, 6) is 0.715. The smallest absolute Gasteiger partial charge is 0.0972 e. The molecule has 0 bridgehead atoms. The van der Waals surface area contributed by atoms with E-state index < -0.39 is 0 Å². The van der Waals surface area contributed by atoms with Crippen molar-refractivity contribution in [1.29, 1.82) is 0 Å². The van der Waals surface area contributed by atoms with Crippen LogP contribution < -0.4 is 0 Å². The molecule has 0 aromatic carbocycles.